The molecule has 1 unspecified atom stereocenters. The van der Waals surface area contributed by atoms with Crippen LogP contribution in [0.15, 0.2) is 72.8 Å². The van der Waals surface area contributed by atoms with E-state index < -0.39 is 6.10 Å². The molecule has 0 bridgehead atoms. The first-order valence-electron chi connectivity index (χ1n) is 8.84. The van der Waals surface area contributed by atoms with Crippen molar-refractivity contribution in [2.24, 2.45) is 0 Å². The van der Waals surface area contributed by atoms with Crippen LogP contribution >= 0.6 is 0 Å². The summed E-state index contributed by atoms with van der Waals surface area (Å²) < 4.78 is 17.5. The minimum absolute atomic E-state index is 0.176. The van der Waals surface area contributed by atoms with Crippen LogP contribution < -0.4 is 19.5 Å². The van der Waals surface area contributed by atoms with Crippen molar-refractivity contribution in [3.63, 3.8) is 0 Å². The Morgan fingerprint density at radius 1 is 0.778 bits per heavy atom. The number of benzene rings is 3. The number of carbonyl (C=O) groups is 1. The van der Waals surface area contributed by atoms with Crippen LogP contribution in [0.25, 0.3) is 0 Å². The highest BCUT2D eigenvalue weighted by molar-refractivity contribution is 5.83. The molecular formula is C22H17NO4. The first kappa shape index (κ1) is 15.8. The maximum absolute atomic E-state index is 12.9. The zero-order valence-electron chi connectivity index (χ0n) is 14.4. The van der Waals surface area contributed by atoms with Gasteiger partial charge in [0.15, 0.2) is 11.5 Å². The van der Waals surface area contributed by atoms with Crippen molar-refractivity contribution in [3.8, 4) is 23.0 Å². The summed E-state index contributed by atoms with van der Waals surface area (Å²) in [6, 6.07) is 22.5. The molecule has 2 aliphatic rings. The Morgan fingerprint density at radius 2 is 1.33 bits per heavy atom. The molecule has 5 rings (SSSR count). The average molecular weight is 359 g/mol. The zero-order valence-corrected chi connectivity index (χ0v) is 14.4. The van der Waals surface area contributed by atoms with Crippen molar-refractivity contribution in [1.29, 1.82) is 0 Å². The van der Waals surface area contributed by atoms with Gasteiger partial charge in [-0.05, 0) is 24.3 Å². The quantitative estimate of drug-likeness (QED) is 0.755. The van der Waals surface area contributed by atoms with Crippen LogP contribution in [-0.4, -0.2) is 18.6 Å². The van der Waals surface area contributed by atoms with Crippen LogP contribution in [0.4, 0.5) is 0 Å². The molecule has 0 spiro atoms. The lowest BCUT2D eigenvalue weighted by molar-refractivity contribution is -0.130. The molecule has 0 saturated heterocycles. The molecule has 0 radical (unpaired) electrons. The van der Waals surface area contributed by atoms with Crippen LogP contribution in [0.2, 0.25) is 0 Å². The van der Waals surface area contributed by atoms with Gasteiger partial charge in [-0.2, -0.15) is 0 Å². The highest BCUT2D eigenvalue weighted by Gasteiger charge is 2.33. The molecule has 2 heterocycles. The van der Waals surface area contributed by atoms with Gasteiger partial charge < -0.3 is 19.5 Å². The molecule has 0 fully saturated rings. The minimum atomic E-state index is -0.706. The Balaban J connectivity index is 1.43. The van der Waals surface area contributed by atoms with E-state index in [0.29, 0.717) is 11.5 Å². The normalized spacial score (nSPS) is 17.3. The van der Waals surface area contributed by atoms with E-state index in [-0.39, 0.29) is 18.6 Å². The third-order valence-corrected chi connectivity index (χ3v) is 4.77. The fourth-order valence-corrected chi connectivity index (χ4v) is 3.45. The van der Waals surface area contributed by atoms with E-state index in [1.807, 2.05) is 66.7 Å². The van der Waals surface area contributed by atoms with E-state index in [0.717, 1.165) is 22.6 Å². The number of hydrogen-bond acceptors (Lipinski definition) is 4. The molecule has 1 amide bonds. The van der Waals surface area contributed by atoms with E-state index in [1.165, 1.54) is 0 Å². The molecule has 3 aromatic rings. The van der Waals surface area contributed by atoms with Gasteiger partial charge in [-0.25, -0.2) is 0 Å². The molecule has 5 nitrogen and oxygen atoms in total. The molecule has 1 atom stereocenters. The number of nitrogens with one attached hydrogen (secondary N) is 1. The predicted molar refractivity (Wildman–Crippen MR) is 99.3 cm³/mol. The maximum atomic E-state index is 12.9. The van der Waals surface area contributed by atoms with Gasteiger partial charge >= 0.3 is 0 Å². The third-order valence-electron chi connectivity index (χ3n) is 4.77. The highest BCUT2D eigenvalue weighted by atomic mass is 16.6. The number of hydrogen-bond donors (Lipinski definition) is 1. The molecule has 2 aliphatic heterocycles. The van der Waals surface area contributed by atoms with Crippen LogP contribution in [0.5, 0.6) is 23.0 Å². The van der Waals surface area contributed by atoms with Crippen molar-refractivity contribution >= 4 is 5.91 Å². The van der Waals surface area contributed by atoms with Crippen LogP contribution in [0, 0.1) is 0 Å². The van der Waals surface area contributed by atoms with Crippen molar-refractivity contribution in [3.05, 3.63) is 83.9 Å². The zero-order chi connectivity index (χ0) is 18.2. The largest absolute Gasteiger partial charge is 0.485 e. The predicted octanol–water partition coefficient (Wildman–Crippen LogP) is 3.84. The third kappa shape index (κ3) is 2.77. The number of amides is 1. The van der Waals surface area contributed by atoms with Crippen molar-refractivity contribution in [2.75, 3.05) is 6.61 Å². The van der Waals surface area contributed by atoms with Crippen molar-refractivity contribution in [1.82, 2.24) is 5.32 Å². The second-order valence-electron chi connectivity index (χ2n) is 6.48. The topological polar surface area (TPSA) is 56.8 Å². The summed E-state index contributed by atoms with van der Waals surface area (Å²) in [4.78, 5) is 12.9. The number of carbonyl (C=O) groups excluding carboxylic acids is 1. The summed E-state index contributed by atoms with van der Waals surface area (Å²) in [5, 5.41) is 3.11. The maximum Gasteiger partial charge on any atom is 0.265 e. The fraction of sp³-hybridized carbons (Fsp3) is 0.136. The van der Waals surface area contributed by atoms with Crippen LogP contribution in [0.1, 0.15) is 17.2 Å². The molecule has 134 valence electrons. The molecule has 0 aliphatic carbocycles. The number of para-hydroxylation sites is 4. The first-order valence-corrected chi connectivity index (χ1v) is 8.84. The lowest BCUT2D eigenvalue weighted by atomic mass is 9.94. The molecular weight excluding hydrogens is 342 g/mol. The SMILES string of the molecule is O=C(NC1c2ccccc2Oc2ccccc21)C1COc2ccccc2O1. The van der Waals surface area contributed by atoms with Crippen molar-refractivity contribution < 1.29 is 19.0 Å². The minimum Gasteiger partial charge on any atom is -0.485 e. The number of ether oxygens (including phenoxy) is 3. The van der Waals surface area contributed by atoms with Gasteiger partial charge in [0.2, 0.25) is 6.10 Å². The average Bonchev–Trinajstić information content (AvgIpc) is 2.73. The second kappa shape index (κ2) is 6.36. The molecule has 27 heavy (non-hydrogen) atoms. The number of rotatable bonds is 2. The Labute approximate surface area is 156 Å². The molecule has 5 heteroatoms. The first-order chi connectivity index (χ1) is 13.3. The van der Waals surface area contributed by atoms with Gasteiger partial charge in [0.1, 0.15) is 18.1 Å². The molecule has 3 aromatic carbocycles. The monoisotopic (exact) mass is 359 g/mol. The lowest BCUT2D eigenvalue weighted by Crippen LogP contribution is -2.45. The van der Waals surface area contributed by atoms with Crippen LogP contribution in [0.3, 0.4) is 0 Å². The van der Waals surface area contributed by atoms with Gasteiger partial charge in [-0.3, -0.25) is 4.79 Å². The van der Waals surface area contributed by atoms with E-state index in [1.54, 1.807) is 6.07 Å². The van der Waals surface area contributed by atoms with E-state index in [2.05, 4.69) is 5.32 Å². The van der Waals surface area contributed by atoms with Gasteiger partial charge in [0.25, 0.3) is 5.91 Å². The lowest BCUT2D eigenvalue weighted by Gasteiger charge is -2.31. The Hall–Kier alpha value is -3.47. The summed E-state index contributed by atoms with van der Waals surface area (Å²) in [5.41, 5.74) is 1.84. The standard InChI is InChI=1S/C22H17NO4/c24-22(20-13-25-18-11-5-6-12-19(18)27-20)23-21-14-7-1-3-9-16(14)26-17-10-4-2-8-15(17)21/h1-12,20-21H,13H2,(H,23,24). The van der Waals surface area contributed by atoms with E-state index in [4.69, 9.17) is 14.2 Å². The highest BCUT2D eigenvalue weighted by Crippen LogP contribution is 2.42. The van der Waals surface area contributed by atoms with Gasteiger partial charge in [0, 0.05) is 11.1 Å². The van der Waals surface area contributed by atoms with E-state index >= 15 is 0 Å². The number of fused-ring (bicyclic) bond motifs is 3. The van der Waals surface area contributed by atoms with Crippen molar-refractivity contribution in [2.45, 2.75) is 12.1 Å². The van der Waals surface area contributed by atoms with Gasteiger partial charge in [0.05, 0.1) is 6.04 Å². The Morgan fingerprint density at radius 3 is 2.00 bits per heavy atom. The molecule has 0 aromatic heterocycles. The summed E-state index contributed by atoms with van der Waals surface area (Å²) in [7, 11) is 0. The summed E-state index contributed by atoms with van der Waals surface area (Å²) in [6.07, 6.45) is -0.706. The van der Waals surface area contributed by atoms with Crippen LogP contribution in [-0.2, 0) is 4.79 Å². The summed E-state index contributed by atoms with van der Waals surface area (Å²) in [6.45, 7) is 0.176. The second-order valence-corrected chi connectivity index (χ2v) is 6.48. The Bertz CT molecular complexity index is 971. The van der Waals surface area contributed by atoms with Gasteiger partial charge in [-0.15, -0.1) is 0 Å². The van der Waals surface area contributed by atoms with Gasteiger partial charge in [-0.1, -0.05) is 48.5 Å². The summed E-state index contributed by atoms with van der Waals surface area (Å²) in [5.74, 6) is 2.50. The molecule has 0 saturated carbocycles. The van der Waals surface area contributed by atoms with E-state index in [9.17, 15) is 4.79 Å². The summed E-state index contributed by atoms with van der Waals surface area (Å²) >= 11 is 0. The smallest absolute Gasteiger partial charge is 0.265 e. The Kier molecular flexibility index (Phi) is 3.71. The fourth-order valence-electron chi connectivity index (χ4n) is 3.45. The molecule has 1 N–H and O–H groups in total.